The third-order valence-corrected chi connectivity index (χ3v) is 3.97. The van der Waals surface area contributed by atoms with Gasteiger partial charge >= 0.3 is 0 Å². The van der Waals surface area contributed by atoms with Crippen molar-refractivity contribution in [3.63, 3.8) is 0 Å². The summed E-state index contributed by atoms with van der Waals surface area (Å²) in [5.74, 6) is 1.82. The van der Waals surface area contributed by atoms with E-state index in [0.29, 0.717) is 0 Å². The molecule has 0 aliphatic heterocycles. The van der Waals surface area contributed by atoms with Crippen molar-refractivity contribution in [2.45, 2.75) is 10.6 Å². The van der Waals surface area contributed by atoms with Crippen molar-refractivity contribution in [2.24, 2.45) is 0 Å². The summed E-state index contributed by atoms with van der Waals surface area (Å²) in [5, 5.41) is 1.15. The Hall–Kier alpha value is -1.94. The second-order valence-electron chi connectivity index (χ2n) is 4.22. The monoisotopic (exact) mass is 270 g/mol. The molecule has 0 saturated carbocycles. The van der Waals surface area contributed by atoms with Crippen LogP contribution < -0.4 is 4.74 Å². The fourth-order valence-electron chi connectivity index (χ4n) is 1.89. The first-order chi connectivity index (χ1) is 9.35. The number of H-pyrrole nitrogens is 1. The van der Waals surface area contributed by atoms with Crippen molar-refractivity contribution in [2.75, 3.05) is 7.11 Å². The molecule has 96 valence electrons. The Morgan fingerprint density at radius 3 is 2.84 bits per heavy atom. The van der Waals surface area contributed by atoms with Crippen molar-refractivity contribution >= 4 is 22.8 Å². The van der Waals surface area contributed by atoms with E-state index in [-0.39, 0.29) is 0 Å². The van der Waals surface area contributed by atoms with Gasteiger partial charge in [-0.05, 0) is 29.8 Å². The number of pyridine rings is 1. The molecule has 0 spiro atoms. The van der Waals surface area contributed by atoms with Gasteiger partial charge < -0.3 is 9.72 Å². The molecule has 4 heteroatoms. The van der Waals surface area contributed by atoms with Crippen LogP contribution in [0.2, 0.25) is 0 Å². The fraction of sp³-hybridized carbons (Fsp3) is 0.133. The number of fused-ring (bicyclic) bond motifs is 1. The standard InChI is InChI=1S/C15H14N2OS/c1-18-13-4-2-11(3-5-13)10-19-14-8-12-6-7-16-15(12)17-9-14/h2-9H,10H2,1H3,(H,16,17). The van der Waals surface area contributed by atoms with Crippen molar-refractivity contribution in [3.8, 4) is 5.75 Å². The highest BCUT2D eigenvalue weighted by Crippen LogP contribution is 2.25. The summed E-state index contributed by atoms with van der Waals surface area (Å²) in [6, 6.07) is 12.4. The smallest absolute Gasteiger partial charge is 0.137 e. The zero-order valence-electron chi connectivity index (χ0n) is 10.6. The number of ether oxygens (including phenoxy) is 1. The predicted molar refractivity (Wildman–Crippen MR) is 78.6 cm³/mol. The summed E-state index contributed by atoms with van der Waals surface area (Å²) < 4.78 is 5.15. The minimum absolute atomic E-state index is 0.893. The molecule has 0 radical (unpaired) electrons. The largest absolute Gasteiger partial charge is 0.497 e. The number of nitrogens with zero attached hydrogens (tertiary/aromatic N) is 1. The summed E-state index contributed by atoms with van der Waals surface area (Å²) in [5.41, 5.74) is 2.22. The maximum Gasteiger partial charge on any atom is 0.137 e. The molecule has 19 heavy (non-hydrogen) atoms. The summed E-state index contributed by atoms with van der Waals surface area (Å²) in [7, 11) is 1.68. The zero-order valence-corrected chi connectivity index (χ0v) is 11.4. The van der Waals surface area contributed by atoms with Gasteiger partial charge in [0.1, 0.15) is 11.4 Å². The molecule has 1 aromatic carbocycles. The molecule has 0 amide bonds. The molecule has 0 fully saturated rings. The van der Waals surface area contributed by atoms with E-state index in [1.807, 2.05) is 30.6 Å². The van der Waals surface area contributed by atoms with Crippen LogP contribution in [-0.4, -0.2) is 17.1 Å². The number of benzene rings is 1. The molecule has 1 N–H and O–H groups in total. The van der Waals surface area contributed by atoms with Gasteiger partial charge in [0.15, 0.2) is 0 Å². The van der Waals surface area contributed by atoms with Gasteiger partial charge in [0.05, 0.1) is 7.11 Å². The van der Waals surface area contributed by atoms with Gasteiger partial charge in [-0.15, -0.1) is 11.8 Å². The van der Waals surface area contributed by atoms with Crippen molar-refractivity contribution < 1.29 is 4.74 Å². The predicted octanol–water partition coefficient (Wildman–Crippen LogP) is 3.86. The molecule has 2 aromatic heterocycles. The number of hydrogen-bond acceptors (Lipinski definition) is 3. The topological polar surface area (TPSA) is 37.9 Å². The first kappa shape index (κ1) is 12.1. The summed E-state index contributed by atoms with van der Waals surface area (Å²) >= 11 is 1.79. The average Bonchev–Trinajstić information content (AvgIpc) is 2.93. The van der Waals surface area contributed by atoms with Crippen LogP contribution in [0.4, 0.5) is 0 Å². The summed E-state index contributed by atoms with van der Waals surface area (Å²) in [4.78, 5) is 8.67. The first-order valence-electron chi connectivity index (χ1n) is 6.04. The lowest BCUT2D eigenvalue weighted by Gasteiger charge is -2.04. The number of aromatic amines is 1. The molecule has 0 aliphatic rings. The van der Waals surface area contributed by atoms with Crippen LogP contribution in [0.5, 0.6) is 5.75 Å². The minimum Gasteiger partial charge on any atom is -0.497 e. The molecule has 0 bridgehead atoms. The number of aromatic nitrogens is 2. The number of thioether (sulfide) groups is 1. The van der Waals surface area contributed by atoms with Crippen LogP contribution >= 0.6 is 11.8 Å². The zero-order chi connectivity index (χ0) is 13.1. The lowest BCUT2D eigenvalue weighted by Crippen LogP contribution is -1.85. The van der Waals surface area contributed by atoms with E-state index in [9.17, 15) is 0 Å². The number of nitrogens with one attached hydrogen (secondary N) is 1. The molecule has 0 saturated heterocycles. The second-order valence-corrected chi connectivity index (χ2v) is 5.27. The number of methoxy groups -OCH3 is 1. The molecule has 3 aromatic rings. The van der Waals surface area contributed by atoms with E-state index >= 15 is 0 Å². The van der Waals surface area contributed by atoms with Crippen LogP contribution in [0.25, 0.3) is 11.0 Å². The highest BCUT2D eigenvalue weighted by atomic mass is 32.2. The van der Waals surface area contributed by atoms with E-state index in [4.69, 9.17) is 4.74 Å². The SMILES string of the molecule is COc1ccc(CSc2cnc3[nH]ccc3c2)cc1. The number of hydrogen-bond donors (Lipinski definition) is 1. The maximum absolute atomic E-state index is 5.15. The van der Waals surface area contributed by atoms with Gasteiger partial charge in [0.2, 0.25) is 0 Å². The van der Waals surface area contributed by atoms with Gasteiger partial charge in [0.25, 0.3) is 0 Å². The van der Waals surface area contributed by atoms with Crippen molar-refractivity contribution in [3.05, 3.63) is 54.4 Å². The van der Waals surface area contributed by atoms with E-state index in [2.05, 4.69) is 28.2 Å². The van der Waals surface area contributed by atoms with E-state index in [1.54, 1.807) is 18.9 Å². The van der Waals surface area contributed by atoms with Gasteiger partial charge in [0, 0.05) is 28.4 Å². The Kier molecular flexibility index (Phi) is 3.42. The third-order valence-electron chi connectivity index (χ3n) is 2.94. The van der Waals surface area contributed by atoms with Crippen LogP contribution in [0.1, 0.15) is 5.56 Å². The van der Waals surface area contributed by atoms with Crippen molar-refractivity contribution in [1.29, 1.82) is 0 Å². The Bertz CT molecular complexity index is 676. The second kappa shape index (κ2) is 5.36. The molecule has 2 heterocycles. The summed E-state index contributed by atoms with van der Waals surface area (Å²) in [6.45, 7) is 0. The van der Waals surface area contributed by atoms with Crippen LogP contribution in [-0.2, 0) is 5.75 Å². The Morgan fingerprint density at radius 1 is 1.21 bits per heavy atom. The normalized spacial score (nSPS) is 10.8. The highest BCUT2D eigenvalue weighted by molar-refractivity contribution is 7.98. The highest BCUT2D eigenvalue weighted by Gasteiger charge is 2.01. The Morgan fingerprint density at radius 2 is 2.05 bits per heavy atom. The van der Waals surface area contributed by atoms with Gasteiger partial charge in [-0.1, -0.05) is 12.1 Å². The van der Waals surface area contributed by atoms with Gasteiger partial charge in [-0.25, -0.2) is 4.98 Å². The van der Waals surface area contributed by atoms with E-state index < -0.39 is 0 Å². The Balaban J connectivity index is 1.70. The van der Waals surface area contributed by atoms with Crippen molar-refractivity contribution in [1.82, 2.24) is 9.97 Å². The molecule has 0 aliphatic carbocycles. The minimum atomic E-state index is 0.893. The van der Waals surface area contributed by atoms with Crippen LogP contribution in [0.3, 0.4) is 0 Å². The fourth-order valence-corrected chi connectivity index (χ4v) is 2.75. The molecule has 0 atom stereocenters. The first-order valence-corrected chi connectivity index (χ1v) is 7.02. The lowest BCUT2D eigenvalue weighted by molar-refractivity contribution is 0.414. The Labute approximate surface area is 116 Å². The maximum atomic E-state index is 5.15. The molecule has 3 rings (SSSR count). The quantitative estimate of drug-likeness (QED) is 0.731. The molecule has 3 nitrogen and oxygen atoms in total. The van der Waals surface area contributed by atoms with E-state index in [0.717, 1.165) is 22.5 Å². The third kappa shape index (κ3) is 2.74. The number of rotatable bonds is 4. The van der Waals surface area contributed by atoms with Gasteiger partial charge in [-0.2, -0.15) is 0 Å². The molecular weight excluding hydrogens is 256 g/mol. The molecule has 0 unspecified atom stereocenters. The molecular formula is C15H14N2OS. The summed E-state index contributed by atoms with van der Waals surface area (Å²) in [6.07, 6.45) is 3.82. The average molecular weight is 270 g/mol. The van der Waals surface area contributed by atoms with Gasteiger partial charge in [-0.3, -0.25) is 0 Å². The van der Waals surface area contributed by atoms with E-state index in [1.165, 1.54) is 10.5 Å². The van der Waals surface area contributed by atoms with Crippen LogP contribution in [0, 0.1) is 0 Å². The van der Waals surface area contributed by atoms with Crippen LogP contribution in [0.15, 0.2) is 53.7 Å². The lowest BCUT2D eigenvalue weighted by atomic mass is 10.2.